The SMILES string of the molecule is Cc1cc(C)c(S(=O)(=O)N[C@H](/C=C(\Br)[C@@H](C)OS(C)(=O)=O)C(C)C)c(C)c1. The maximum absolute atomic E-state index is 13.0. The Morgan fingerprint density at radius 2 is 1.56 bits per heavy atom. The summed E-state index contributed by atoms with van der Waals surface area (Å²) in [6.45, 7) is 10.8. The van der Waals surface area contributed by atoms with E-state index in [2.05, 4.69) is 20.7 Å². The normalized spacial score (nSPS) is 15.8. The molecule has 1 rings (SSSR count). The summed E-state index contributed by atoms with van der Waals surface area (Å²) < 4.78 is 56.7. The van der Waals surface area contributed by atoms with Gasteiger partial charge in [0.1, 0.15) is 6.10 Å². The first-order valence-corrected chi connectivity index (χ1v) is 12.6. The maximum atomic E-state index is 13.0. The first-order chi connectivity index (χ1) is 12.1. The first kappa shape index (κ1) is 24.3. The fourth-order valence-corrected chi connectivity index (χ4v) is 5.72. The quantitative estimate of drug-likeness (QED) is 0.573. The van der Waals surface area contributed by atoms with Gasteiger partial charge in [0.25, 0.3) is 10.1 Å². The van der Waals surface area contributed by atoms with E-state index in [9.17, 15) is 16.8 Å². The van der Waals surface area contributed by atoms with E-state index >= 15 is 0 Å². The fraction of sp³-hybridized carbons (Fsp3) is 0.556. The Bertz CT molecular complexity index is 898. The fourth-order valence-electron chi connectivity index (χ4n) is 2.81. The van der Waals surface area contributed by atoms with E-state index in [0.717, 1.165) is 11.8 Å². The summed E-state index contributed by atoms with van der Waals surface area (Å²) in [6.07, 6.45) is 1.85. The minimum atomic E-state index is -3.76. The van der Waals surface area contributed by atoms with Gasteiger partial charge in [-0.1, -0.05) is 53.5 Å². The van der Waals surface area contributed by atoms with Gasteiger partial charge < -0.3 is 0 Å². The van der Waals surface area contributed by atoms with E-state index in [-0.39, 0.29) is 10.8 Å². The summed E-state index contributed by atoms with van der Waals surface area (Å²) in [5.41, 5.74) is 2.36. The highest BCUT2D eigenvalue weighted by molar-refractivity contribution is 9.11. The lowest BCUT2D eigenvalue weighted by Gasteiger charge is -2.22. The van der Waals surface area contributed by atoms with Crippen molar-refractivity contribution in [2.75, 3.05) is 6.26 Å². The third-order valence-electron chi connectivity index (χ3n) is 3.93. The highest BCUT2D eigenvalue weighted by Gasteiger charge is 2.25. The molecule has 0 fully saturated rings. The van der Waals surface area contributed by atoms with Crippen molar-refractivity contribution in [3.8, 4) is 0 Å². The van der Waals surface area contributed by atoms with Crippen molar-refractivity contribution < 1.29 is 21.0 Å². The molecular formula is C18H28BrNO5S2. The average Bonchev–Trinajstić information content (AvgIpc) is 2.42. The van der Waals surface area contributed by atoms with Crippen molar-refractivity contribution in [3.63, 3.8) is 0 Å². The largest absolute Gasteiger partial charge is 0.264 e. The predicted octanol–water partition coefficient (Wildman–Crippen LogP) is 3.56. The minimum absolute atomic E-state index is 0.0659. The Morgan fingerprint density at radius 1 is 1.07 bits per heavy atom. The monoisotopic (exact) mass is 481 g/mol. The number of hydrogen-bond donors (Lipinski definition) is 1. The molecule has 27 heavy (non-hydrogen) atoms. The van der Waals surface area contributed by atoms with E-state index < -0.39 is 32.3 Å². The van der Waals surface area contributed by atoms with Crippen molar-refractivity contribution >= 4 is 36.1 Å². The molecule has 0 aromatic heterocycles. The standard InChI is InChI=1S/C18H28BrNO5S2/c1-11(2)17(10-16(19)15(6)25-26(7,21)22)20-27(23,24)18-13(4)8-12(3)9-14(18)5/h8-11,15,17,20H,1-7H3/b16-10-/t15-,17-/m1/s1. The predicted molar refractivity (Wildman–Crippen MR) is 112 cm³/mol. The molecule has 154 valence electrons. The number of halogens is 1. The molecule has 6 nitrogen and oxygen atoms in total. The third-order valence-corrected chi connectivity index (χ3v) is 7.24. The van der Waals surface area contributed by atoms with E-state index in [1.54, 1.807) is 26.8 Å². The summed E-state index contributed by atoms with van der Waals surface area (Å²) in [7, 11) is -7.39. The van der Waals surface area contributed by atoms with E-state index in [0.29, 0.717) is 15.6 Å². The Morgan fingerprint density at radius 3 is 1.96 bits per heavy atom. The maximum Gasteiger partial charge on any atom is 0.264 e. The van der Waals surface area contributed by atoms with Crippen LogP contribution in [-0.4, -0.2) is 35.2 Å². The van der Waals surface area contributed by atoms with Gasteiger partial charge in [0.15, 0.2) is 0 Å². The molecule has 1 aromatic rings. The van der Waals surface area contributed by atoms with Gasteiger partial charge in [-0.15, -0.1) is 0 Å². The van der Waals surface area contributed by atoms with Crippen LogP contribution in [0.5, 0.6) is 0 Å². The molecular weight excluding hydrogens is 454 g/mol. The molecule has 0 bridgehead atoms. The molecule has 0 amide bonds. The number of aryl methyl sites for hydroxylation is 3. The Labute approximate surface area is 171 Å². The molecule has 0 radical (unpaired) electrons. The zero-order valence-electron chi connectivity index (χ0n) is 16.7. The highest BCUT2D eigenvalue weighted by Crippen LogP contribution is 2.24. The molecule has 0 saturated heterocycles. The molecule has 0 aliphatic heterocycles. The first-order valence-electron chi connectivity index (χ1n) is 8.49. The number of rotatable bonds is 8. The van der Waals surface area contributed by atoms with Crippen LogP contribution in [-0.2, 0) is 24.3 Å². The van der Waals surface area contributed by atoms with Crippen molar-refractivity contribution in [1.29, 1.82) is 0 Å². The van der Waals surface area contributed by atoms with Crippen molar-refractivity contribution in [3.05, 3.63) is 39.4 Å². The van der Waals surface area contributed by atoms with Crippen molar-refractivity contribution in [1.82, 2.24) is 4.72 Å². The smallest absolute Gasteiger partial charge is 0.262 e. The summed E-state index contributed by atoms with van der Waals surface area (Å²) in [6, 6.07) is 3.12. The van der Waals surface area contributed by atoms with Crippen LogP contribution in [0.15, 0.2) is 27.6 Å². The van der Waals surface area contributed by atoms with Crippen LogP contribution in [0, 0.1) is 26.7 Å². The van der Waals surface area contributed by atoms with Crippen LogP contribution in [0.25, 0.3) is 0 Å². The number of hydrogen-bond acceptors (Lipinski definition) is 5. The van der Waals surface area contributed by atoms with Crippen molar-refractivity contribution in [2.24, 2.45) is 5.92 Å². The molecule has 9 heteroatoms. The van der Waals surface area contributed by atoms with Gasteiger partial charge in [-0.3, -0.25) is 4.18 Å². The lowest BCUT2D eigenvalue weighted by molar-refractivity contribution is 0.274. The second-order valence-electron chi connectivity index (χ2n) is 7.11. The van der Waals surface area contributed by atoms with Crippen LogP contribution in [0.4, 0.5) is 0 Å². The van der Waals surface area contributed by atoms with E-state index in [1.165, 1.54) is 0 Å². The van der Waals surface area contributed by atoms with Gasteiger partial charge in [0.2, 0.25) is 10.0 Å². The second-order valence-corrected chi connectivity index (χ2v) is 11.3. The second kappa shape index (κ2) is 9.17. The summed E-state index contributed by atoms with van der Waals surface area (Å²) in [4.78, 5) is 0.267. The molecule has 2 atom stereocenters. The van der Waals surface area contributed by atoms with Gasteiger partial charge in [0, 0.05) is 10.5 Å². The lowest BCUT2D eigenvalue weighted by atomic mass is 10.0. The number of benzene rings is 1. The molecule has 0 heterocycles. The van der Waals surface area contributed by atoms with Crippen LogP contribution in [0.1, 0.15) is 37.5 Å². The number of sulfonamides is 1. The van der Waals surface area contributed by atoms with Gasteiger partial charge in [-0.2, -0.15) is 8.42 Å². The van der Waals surface area contributed by atoms with Crippen LogP contribution < -0.4 is 4.72 Å². The highest BCUT2D eigenvalue weighted by atomic mass is 79.9. The minimum Gasteiger partial charge on any atom is -0.262 e. The molecule has 0 saturated carbocycles. The summed E-state index contributed by atoms with van der Waals surface area (Å²) >= 11 is 3.30. The van der Waals surface area contributed by atoms with Gasteiger partial charge in [-0.05, 0) is 44.7 Å². The van der Waals surface area contributed by atoms with E-state index in [4.69, 9.17) is 4.18 Å². The van der Waals surface area contributed by atoms with Crippen molar-refractivity contribution in [2.45, 2.75) is 58.6 Å². The van der Waals surface area contributed by atoms with Crippen LogP contribution in [0.3, 0.4) is 0 Å². The molecule has 0 aliphatic carbocycles. The summed E-state index contributed by atoms with van der Waals surface area (Å²) in [5.74, 6) is -0.0659. The average molecular weight is 482 g/mol. The summed E-state index contributed by atoms with van der Waals surface area (Å²) in [5, 5.41) is 0. The van der Waals surface area contributed by atoms with Gasteiger partial charge in [-0.25, -0.2) is 13.1 Å². The van der Waals surface area contributed by atoms with Gasteiger partial charge in [0.05, 0.1) is 11.2 Å². The van der Waals surface area contributed by atoms with E-state index in [1.807, 2.05) is 32.9 Å². The Hall–Kier alpha value is -0.740. The Balaban J connectivity index is 3.22. The van der Waals surface area contributed by atoms with Gasteiger partial charge >= 0.3 is 0 Å². The number of nitrogens with one attached hydrogen (secondary N) is 1. The Kier molecular flexibility index (Phi) is 8.25. The zero-order valence-corrected chi connectivity index (χ0v) is 19.9. The molecule has 0 spiro atoms. The lowest BCUT2D eigenvalue weighted by Crippen LogP contribution is -2.38. The molecule has 0 aliphatic rings. The third kappa shape index (κ3) is 7.30. The zero-order chi connectivity index (χ0) is 21.2. The topological polar surface area (TPSA) is 89.5 Å². The molecule has 0 unspecified atom stereocenters. The molecule has 1 N–H and O–H groups in total. The van der Waals surface area contributed by atoms with Crippen LogP contribution in [0.2, 0.25) is 0 Å². The van der Waals surface area contributed by atoms with Crippen LogP contribution >= 0.6 is 15.9 Å². The molecule has 1 aromatic carbocycles.